The minimum Gasteiger partial charge on any atom is -0.486 e. The molecule has 1 heterocycles. The SMILES string of the molecule is Fc1cc(C2CCNCC2)ccc1OCc1ccccc1. The maximum Gasteiger partial charge on any atom is 0.165 e. The molecule has 0 amide bonds. The molecule has 0 unspecified atom stereocenters. The first kappa shape index (κ1) is 14.1. The third-order valence-electron chi connectivity index (χ3n) is 4.00. The van der Waals surface area contributed by atoms with Gasteiger partial charge in [-0.05, 0) is 55.1 Å². The molecule has 3 heteroatoms. The Morgan fingerprint density at radius 2 is 1.81 bits per heavy atom. The topological polar surface area (TPSA) is 21.3 Å². The quantitative estimate of drug-likeness (QED) is 0.920. The van der Waals surface area contributed by atoms with Gasteiger partial charge in [0.25, 0.3) is 0 Å². The predicted molar refractivity (Wildman–Crippen MR) is 82.0 cm³/mol. The van der Waals surface area contributed by atoms with Crippen LogP contribution in [0.2, 0.25) is 0 Å². The molecule has 0 saturated carbocycles. The van der Waals surface area contributed by atoms with Crippen molar-refractivity contribution in [1.29, 1.82) is 0 Å². The predicted octanol–water partition coefficient (Wildman–Crippen LogP) is 3.87. The average Bonchev–Trinajstić information content (AvgIpc) is 2.55. The van der Waals surface area contributed by atoms with Crippen molar-refractivity contribution in [2.45, 2.75) is 25.4 Å². The molecule has 110 valence electrons. The fraction of sp³-hybridized carbons (Fsp3) is 0.333. The van der Waals surface area contributed by atoms with Crippen molar-refractivity contribution in [2.75, 3.05) is 13.1 Å². The minimum absolute atomic E-state index is 0.262. The van der Waals surface area contributed by atoms with E-state index in [1.165, 1.54) is 0 Å². The van der Waals surface area contributed by atoms with E-state index in [1.54, 1.807) is 12.1 Å². The average molecular weight is 285 g/mol. The monoisotopic (exact) mass is 285 g/mol. The summed E-state index contributed by atoms with van der Waals surface area (Å²) in [6.45, 7) is 2.42. The van der Waals surface area contributed by atoms with Crippen LogP contribution in [0.4, 0.5) is 4.39 Å². The molecular formula is C18H20FNO. The molecule has 3 rings (SSSR count). The van der Waals surface area contributed by atoms with Gasteiger partial charge < -0.3 is 10.1 Å². The summed E-state index contributed by atoms with van der Waals surface area (Å²) >= 11 is 0. The van der Waals surface area contributed by atoms with E-state index in [2.05, 4.69) is 5.32 Å². The van der Waals surface area contributed by atoms with Gasteiger partial charge in [-0.1, -0.05) is 36.4 Å². The van der Waals surface area contributed by atoms with Gasteiger partial charge in [-0.3, -0.25) is 0 Å². The van der Waals surface area contributed by atoms with E-state index < -0.39 is 0 Å². The van der Waals surface area contributed by atoms with E-state index in [0.717, 1.165) is 37.1 Å². The van der Waals surface area contributed by atoms with Crippen LogP contribution in [-0.2, 0) is 6.61 Å². The fourth-order valence-corrected chi connectivity index (χ4v) is 2.78. The number of hydrogen-bond donors (Lipinski definition) is 1. The highest BCUT2D eigenvalue weighted by Crippen LogP contribution is 2.29. The Labute approximate surface area is 125 Å². The largest absolute Gasteiger partial charge is 0.486 e. The molecule has 0 bridgehead atoms. The van der Waals surface area contributed by atoms with Gasteiger partial charge in [-0.2, -0.15) is 0 Å². The lowest BCUT2D eigenvalue weighted by molar-refractivity contribution is 0.290. The van der Waals surface area contributed by atoms with Gasteiger partial charge in [-0.15, -0.1) is 0 Å². The van der Waals surface area contributed by atoms with Crippen LogP contribution in [0.25, 0.3) is 0 Å². The first-order valence-corrected chi connectivity index (χ1v) is 7.50. The van der Waals surface area contributed by atoms with Crippen LogP contribution in [0.1, 0.15) is 29.9 Å². The van der Waals surface area contributed by atoms with Crippen molar-refractivity contribution in [3.8, 4) is 5.75 Å². The van der Waals surface area contributed by atoms with Gasteiger partial charge in [0.2, 0.25) is 0 Å². The molecule has 2 aromatic carbocycles. The van der Waals surface area contributed by atoms with Crippen LogP contribution in [0.15, 0.2) is 48.5 Å². The smallest absolute Gasteiger partial charge is 0.165 e. The number of halogens is 1. The lowest BCUT2D eigenvalue weighted by Gasteiger charge is -2.23. The Morgan fingerprint density at radius 1 is 1.05 bits per heavy atom. The second kappa shape index (κ2) is 6.72. The Balaban J connectivity index is 1.66. The third kappa shape index (κ3) is 3.61. The van der Waals surface area contributed by atoms with E-state index >= 15 is 0 Å². The van der Waals surface area contributed by atoms with Crippen molar-refractivity contribution in [1.82, 2.24) is 5.32 Å². The number of ether oxygens (including phenoxy) is 1. The van der Waals surface area contributed by atoms with E-state index in [9.17, 15) is 4.39 Å². The summed E-state index contributed by atoms with van der Waals surface area (Å²) in [7, 11) is 0. The van der Waals surface area contributed by atoms with Gasteiger partial charge in [0.05, 0.1) is 0 Å². The second-order valence-corrected chi connectivity index (χ2v) is 5.49. The van der Waals surface area contributed by atoms with Crippen molar-refractivity contribution < 1.29 is 9.13 Å². The molecule has 0 aliphatic carbocycles. The maximum atomic E-state index is 14.2. The molecule has 1 aliphatic heterocycles. The van der Waals surface area contributed by atoms with E-state index in [-0.39, 0.29) is 5.82 Å². The molecule has 1 N–H and O–H groups in total. The highest BCUT2D eigenvalue weighted by molar-refractivity contribution is 5.32. The first-order valence-electron chi connectivity index (χ1n) is 7.50. The minimum atomic E-state index is -0.262. The second-order valence-electron chi connectivity index (χ2n) is 5.49. The number of rotatable bonds is 4. The third-order valence-corrected chi connectivity index (χ3v) is 4.00. The molecule has 1 saturated heterocycles. The molecule has 2 nitrogen and oxygen atoms in total. The lowest BCUT2D eigenvalue weighted by Crippen LogP contribution is -2.26. The summed E-state index contributed by atoms with van der Waals surface area (Å²) in [5.41, 5.74) is 2.13. The van der Waals surface area contributed by atoms with E-state index in [1.807, 2.05) is 36.4 Å². The van der Waals surface area contributed by atoms with Crippen LogP contribution in [0.3, 0.4) is 0 Å². The molecule has 21 heavy (non-hydrogen) atoms. The molecule has 0 radical (unpaired) electrons. The summed E-state index contributed by atoms with van der Waals surface area (Å²) in [5, 5.41) is 3.33. The van der Waals surface area contributed by atoms with Crippen LogP contribution in [-0.4, -0.2) is 13.1 Å². The van der Waals surface area contributed by atoms with Crippen LogP contribution >= 0.6 is 0 Å². The van der Waals surface area contributed by atoms with Gasteiger partial charge in [0.15, 0.2) is 11.6 Å². The molecule has 0 aromatic heterocycles. The molecular weight excluding hydrogens is 265 g/mol. The highest BCUT2D eigenvalue weighted by atomic mass is 19.1. The van der Waals surface area contributed by atoms with Gasteiger partial charge in [0.1, 0.15) is 6.61 Å². The van der Waals surface area contributed by atoms with Crippen LogP contribution in [0, 0.1) is 5.82 Å². The van der Waals surface area contributed by atoms with Crippen LogP contribution < -0.4 is 10.1 Å². The maximum absolute atomic E-state index is 14.2. The fourth-order valence-electron chi connectivity index (χ4n) is 2.78. The van der Waals surface area contributed by atoms with Crippen molar-refractivity contribution >= 4 is 0 Å². The normalized spacial score (nSPS) is 15.9. The van der Waals surface area contributed by atoms with Crippen molar-refractivity contribution in [3.05, 3.63) is 65.5 Å². The van der Waals surface area contributed by atoms with Crippen molar-refractivity contribution in [2.24, 2.45) is 0 Å². The Bertz CT molecular complexity index is 579. The van der Waals surface area contributed by atoms with Gasteiger partial charge >= 0.3 is 0 Å². The zero-order chi connectivity index (χ0) is 14.5. The molecule has 2 aromatic rings. The molecule has 0 atom stereocenters. The highest BCUT2D eigenvalue weighted by Gasteiger charge is 2.16. The van der Waals surface area contributed by atoms with E-state index in [0.29, 0.717) is 18.3 Å². The number of hydrogen-bond acceptors (Lipinski definition) is 2. The zero-order valence-electron chi connectivity index (χ0n) is 12.0. The number of nitrogens with one attached hydrogen (secondary N) is 1. The van der Waals surface area contributed by atoms with Gasteiger partial charge in [0, 0.05) is 0 Å². The molecule has 0 spiro atoms. The summed E-state index contributed by atoms with van der Waals surface area (Å²) < 4.78 is 19.7. The first-order chi connectivity index (χ1) is 10.3. The number of piperidine rings is 1. The van der Waals surface area contributed by atoms with E-state index in [4.69, 9.17) is 4.74 Å². The molecule has 1 aliphatic rings. The Kier molecular flexibility index (Phi) is 4.51. The standard InChI is InChI=1S/C18H20FNO/c19-17-12-16(15-8-10-20-11-9-15)6-7-18(17)21-13-14-4-2-1-3-5-14/h1-7,12,15,20H,8-11,13H2. The van der Waals surface area contributed by atoms with Crippen molar-refractivity contribution in [3.63, 3.8) is 0 Å². The Morgan fingerprint density at radius 3 is 2.52 bits per heavy atom. The van der Waals surface area contributed by atoms with Gasteiger partial charge in [-0.25, -0.2) is 4.39 Å². The Hall–Kier alpha value is -1.87. The summed E-state index contributed by atoms with van der Waals surface area (Å²) in [5.74, 6) is 0.530. The number of benzene rings is 2. The lowest BCUT2D eigenvalue weighted by atomic mass is 9.90. The molecule has 1 fully saturated rings. The summed E-state index contributed by atoms with van der Waals surface area (Å²) in [6, 6.07) is 15.2. The van der Waals surface area contributed by atoms with Crippen LogP contribution in [0.5, 0.6) is 5.75 Å². The zero-order valence-corrected chi connectivity index (χ0v) is 12.0. The summed E-state index contributed by atoms with van der Waals surface area (Å²) in [4.78, 5) is 0. The summed E-state index contributed by atoms with van der Waals surface area (Å²) in [6.07, 6.45) is 2.15.